The second-order valence-corrected chi connectivity index (χ2v) is 8.75. The summed E-state index contributed by atoms with van der Waals surface area (Å²) in [5.41, 5.74) is 1.67. The first-order chi connectivity index (χ1) is 16.5. The van der Waals surface area contributed by atoms with Crippen LogP contribution in [0.5, 0.6) is 17.2 Å². The molecule has 1 N–H and O–H groups in total. The molecule has 0 spiro atoms. The number of amides is 2. The summed E-state index contributed by atoms with van der Waals surface area (Å²) in [5.74, 6) is -0.487. The number of carboxylic acid groups (broad SMARTS) is 1. The molecule has 0 aliphatic carbocycles. The third-order valence-corrected chi connectivity index (χ3v) is 6.91. The fourth-order valence-corrected chi connectivity index (χ4v) is 5.13. The molecule has 2 fully saturated rings. The molecule has 2 aromatic rings. The van der Waals surface area contributed by atoms with Crippen molar-refractivity contribution in [3.63, 3.8) is 0 Å². The Labute approximate surface area is 197 Å². The van der Waals surface area contributed by atoms with Gasteiger partial charge in [0.15, 0.2) is 11.5 Å². The van der Waals surface area contributed by atoms with E-state index in [0.29, 0.717) is 56.6 Å². The number of piperidine rings is 1. The predicted octanol–water partition coefficient (Wildman–Crippen LogP) is 2.76. The number of hydrogen-bond donors (Lipinski definition) is 1. The van der Waals surface area contributed by atoms with Gasteiger partial charge in [0.05, 0.1) is 26.2 Å². The molecular weight excluding hydrogens is 440 g/mol. The number of hydrogen-bond acceptors (Lipinski definition) is 6. The minimum Gasteiger partial charge on any atom is -0.497 e. The van der Waals surface area contributed by atoms with Gasteiger partial charge in [0, 0.05) is 38.0 Å². The SMILES string of the molecule is COc1ccc([C@H]2CN(C(=O)N3CCOCC3)CC(c3ccc4c(c3)OCO4)[C@@H]2C(=O)O)cc1. The van der Waals surface area contributed by atoms with E-state index in [4.69, 9.17) is 18.9 Å². The van der Waals surface area contributed by atoms with Gasteiger partial charge in [0.25, 0.3) is 0 Å². The zero-order chi connectivity index (χ0) is 23.7. The lowest BCUT2D eigenvalue weighted by molar-refractivity contribution is -0.145. The first-order valence-corrected chi connectivity index (χ1v) is 11.4. The van der Waals surface area contributed by atoms with Crippen molar-refractivity contribution in [1.82, 2.24) is 9.80 Å². The van der Waals surface area contributed by atoms with Gasteiger partial charge in [-0.05, 0) is 35.4 Å². The normalized spacial score (nSPS) is 24.1. The average Bonchev–Trinajstić information content (AvgIpc) is 3.36. The summed E-state index contributed by atoms with van der Waals surface area (Å²) in [6, 6.07) is 12.9. The van der Waals surface area contributed by atoms with Crippen molar-refractivity contribution in [2.45, 2.75) is 11.8 Å². The number of nitrogens with zero attached hydrogens (tertiary/aromatic N) is 2. The van der Waals surface area contributed by atoms with E-state index in [2.05, 4.69) is 0 Å². The Hall–Kier alpha value is -3.46. The molecule has 9 heteroatoms. The monoisotopic (exact) mass is 468 g/mol. The Bertz CT molecular complexity index is 1050. The Morgan fingerprint density at radius 2 is 1.56 bits per heavy atom. The first-order valence-electron chi connectivity index (χ1n) is 11.4. The minimum absolute atomic E-state index is 0.0867. The minimum atomic E-state index is -0.887. The molecule has 2 aromatic carbocycles. The van der Waals surface area contributed by atoms with Crippen molar-refractivity contribution in [1.29, 1.82) is 0 Å². The number of aliphatic carboxylic acids is 1. The lowest BCUT2D eigenvalue weighted by Gasteiger charge is -2.44. The summed E-state index contributed by atoms with van der Waals surface area (Å²) < 4.78 is 21.7. The van der Waals surface area contributed by atoms with Gasteiger partial charge in [-0.15, -0.1) is 0 Å². The molecule has 5 rings (SSSR count). The van der Waals surface area contributed by atoms with Crippen molar-refractivity contribution < 1.29 is 33.6 Å². The van der Waals surface area contributed by atoms with Gasteiger partial charge in [-0.2, -0.15) is 0 Å². The summed E-state index contributed by atoms with van der Waals surface area (Å²) in [5, 5.41) is 10.4. The second-order valence-electron chi connectivity index (χ2n) is 8.75. The van der Waals surface area contributed by atoms with Crippen molar-refractivity contribution in [2.24, 2.45) is 5.92 Å². The lowest BCUT2D eigenvalue weighted by atomic mass is 9.71. The molecule has 9 nitrogen and oxygen atoms in total. The van der Waals surface area contributed by atoms with Gasteiger partial charge in [-0.3, -0.25) is 4.79 Å². The Morgan fingerprint density at radius 1 is 0.912 bits per heavy atom. The lowest BCUT2D eigenvalue weighted by Crippen LogP contribution is -2.54. The van der Waals surface area contributed by atoms with Crippen LogP contribution in [0.15, 0.2) is 42.5 Å². The molecule has 0 saturated carbocycles. The van der Waals surface area contributed by atoms with Crippen LogP contribution in [0, 0.1) is 5.92 Å². The third kappa shape index (κ3) is 4.23. The van der Waals surface area contributed by atoms with E-state index >= 15 is 0 Å². The van der Waals surface area contributed by atoms with Crippen LogP contribution in [-0.2, 0) is 9.53 Å². The molecule has 2 amide bonds. The summed E-state index contributed by atoms with van der Waals surface area (Å²) in [6.45, 7) is 2.83. The Kier molecular flexibility index (Phi) is 6.19. The topological polar surface area (TPSA) is 97.8 Å². The van der Waals surface area contributed by atoms with Crippen molar-refractivity contribution in [3.05, 3.63) is 53.6 Å². The maximum Gasteiger partial charge on any atom is 0.320 e. The van der Waals surface area contributed by atoms with E-state index in [0.717, 1.165) is 11.1 Å². The van der Waals surface area contributed by atoms with E-state index in [9.17, 15) is 14.7 Å². The smallest absolute Gasteiger partial charge is 0.320 e. The number of carbonyl (C=O) groups is 2. The highest BCUT2D eigenvalue weighted by molar-refractivity contribution is 5.77. The van der Waals surface area contributed by atoms with Gasteiger partial charge in [0.1, 0.15) is 5.75 Å². The zero-order valence-electron chi connectivity index (χ0n) is 19.0. The number of morpholine rings is 1. The van der Waals surface area contributed by atoms with Gasteiger partial charge in [0.2, 0.25) is 6.79 Å². The predicted molar refractivity (Wildman–Crippen MR) is 122 cm³/mol. The Morgan fingerprint density at radius 3 is 2.24 bits per heavy atom. The highest BCUT2D eigenvalue weighted by atomic mass is 16.7. The van der Waals surface area contributed by atoms with Gasteiger partial charge in [-0.1, -0.05) is 18.2 Å². The quantitative estimate of drug-likeness (QED) is 0.737. The number of fused-ring (bicyclic) bond motifs is 1. The Balaban J connectivity index is 1.52. The molecule has 0 radical (unpaired) electrons. The number of methoxy groups -OCH3 is 1. The standard InChI is InChI=1S/C25H28N2O7/c1-31-18-5-2-16(3-6-18)19-13-27(25(30)26-8-10-32-11-9-26)14-20(23(19)24(28)29)17-4-7-21-22(12-17)34-15-33-21/h2-7,12,19-20,23H,8-11,13-15H2,1H3,(H,28,29)/t19-,20?,23-/m1/s1. The number of ether oxygens (including phenoxy) is 4. The zero-order valence-corrected chi connectivity index (χ0v) is 19.0. The molecule has 0 aromatic heterocycles. The van der Waals surface area contributed by atoms with E-state index < -0.39 is 23.7 Å². The van der Waals surface area contributed by atoms with Crippen LogP contribution in [0.2, 0.25) is 0 Å². The number of carbonyl (C=O) groups excluding carboxylic acids is 1. The van der Waals surface area contributed by atoms with Crippen molar-refractivity contribution in [3.8, 4) is 17.2 Å². The van der Waals surface area contributed by atoms with Gasteiger partial charge < -0.3 is 33.9 Å². The van der Waals surface area contributed by atoms with Crippen LogP contribution < -0.4 is 14.2 Å². The molecule has 1 unspecified atom stereocenters. The van der Waals surface area contributed by atoms with Crippen molar-refractivity contribution >= 4 is 12.0 Å². The summed E-state index contributed by atoms with van der Waals surface area (Å²) in [4.78, 5) is 29.7. The molecule has 3 aliphatic heterocycles. The average molecular weight is 469 g/mol. The van der Waals surface area contributed by atoms with Crippen LogP contribution in [0.3, 0.4) is 0 Å². The number of rotatable bonds is 4. The van der Waals surface area contributed by atoms with E-state index in [-0.39, 0.29) is 12.8 Å². The van der Waals surface area contributed by atoms with Crippen LogP contribution in [0.25, 0.3) is 0 Å². The van der Waals surface area contributed by atoms with E-state index in [1.807, 2.05) is 42.5 Å². The molecule has 3 atom stereocenters. The fraction of sp³-hybridized carbons (Fsp3) is 0.440. The summed E-state index contributed by atoms with van der Waals surface area (Å²) >= 11 is 0. The third-order valence-electron chi connectivity index (χ3n) is 6.91. The van der Waals surface area contributed by atoms with Crippen LogP contribution >= 0.6 is 0 Å². The number of benzene rings is 2. The molecule has 2 saturated heterocycles. The number of likely N-dealkylation sites (tertiary alicyclic amines) is 1. The molecule has 180 valence electrons. The molecule has 3 heterocycles. The first kappa shape index (κ1) is 22.3. The van der Waals surface area contributed by atoms with Crippen LogP contribution in [0.1, 0.15) is 23.0 Å². The van der Waals surface area contributed by atoms with E-state index in [1.165, 1.54) is 0 Å². The highest BCUT2D eigenvalue weighted by Gasteiger charge is 2.45. The maximum atomic E-state index is 13.5. The molecule has 34 heavy (non-hydrogen) atoms. The number of urea groups is 1. The van der Waals surface area contributed by atoms with Gasteiger partial charge in [-0.25, -0.2) is 4.79 Å². The molecule has 3 aliphatic rings. The maximum absolute atomic E-state index is 13.5. The van der Waals surface area contributed by atoms with Gasteiger partial charge >= 0.3 is 12.0 Å². The van der Waals surface area contributed by atoms with Crippen molar-refractivity contribution in [2.75, 3.05) is 53.3 Å². The van der Waals surface area contributed by atoms with Crippen LogP contribution in [-0.4, -0.2) is 80.2 Å². The van der Waals surface area contributed by atoms with E-state index in [1.54, 1.807) is 16.9 Å². The number of carboxylic acids is 1. The fourth-order valence-electron chi connectivity index (χ4n) is 5.13. The molecular formula is C25H28N2O7. The second kappa shape index (κ2) is 9.42. The summed E-state index contributed by atoms with van der Waals surface area (Å²) in [7, 11) is 1.59. The largest absolute Gasteiger partial charge is 0.497 e. The molecule has 0 bridgehead atoms. The highest BCUT2D eigenvalue weighted by Crippen LogP contribution is 2.44. The van der Waals surface area contributed by atoms with Crippen LogP contribution in [0.4, 0.5) is 4.79 Å². The summed E-state index contributed by atoms with van der Waals surface area (Å²) in [6.07, 6.45) is 0.